The number of benzene rings is 1. The highest BCUT2D eigenvalue weighted by atomic mass is 35.5. The number of aliphatic hydroxyl groups is 1. The van der Waals surface area contributed by atoms with Crippen LogP contribution in [0.1, 0.15) is 29.6 Å². The van der Waals surface area contributed by atoms with E-state index in [1.165, 1.54) is 25.3 Å². The molecule has 0 aromatic heterocycles. The van der Waals surface area contributed by atoms with Crippen LogP contribution in [0.5, 0.6) is 5.75 Å². The van der Waals surface area contributed by atoms with Gasteiger partial charge in [-0.15, -0.1) is 0 Å². The summed E-state index contributed by atoms with van der Waals surface area (Å²) in [6.07, 6.45) is 3.76. The minimum atomic E-state index is -0.191. The fourth-order valence-corrected chi connectivity index (χ4v) is 4.01. The average Bonchev–Trinajstić information content (AvgIpc) is 2.98. The Balaban J connectivity index is 1.67. The molecule has 0 unspecified atom stereocenters. The number of piperidine rings is 1. The van der Waals surface area contributed by atoms with Crippen molar-refractivity contribution in [3.05, 3.63) is 28.8 Å². The lowest BCUT2D eigenvalue weighted by atomic mass is 9.95. The van der Waals surface area contributed by atoms with Crippen molar-refractivity contribution >= 4 is 17.5 Å². The van der Waals surface area contributed by atoms with Crippen LogP contribution in [0.4, 0.5) is 0 Å². The van der Waals surface area contributed by atoms with E-state index in [4.69, 9.17) is 11.6 Å². The summed E-state index contributed by atoms with van der Waals surface area (Å²) in [5.41, 5.74) is 0.273. The van der Waals surface area contributed by atoms with Crippen LogP contribution in [-0.4, -0.2) is 65.3 Å². The van der Waals surface area contributed by atoms with E-state index in [0.717, 1.165) is 19.6 Å². The Labute approximate surface area is 147 Å². The molecule has 0 aliphatic carbocycles. The first-order chi connectivity index (χ1) is 11.6. The van der Waals surface area contributed by atoms with Crippen LogP contribution < -0.4 is 0 Å². The number of hydrogen-bond acceptors (Lipinski definition) is 4. The van der Waals surface area contributed by atoms with Gasteiger partial charge in [0.15, 0.2) is 0 Å². The molecular formula is C18H25ClN2O3. The lowest BCUT2D eigenvalue weighted by Crippen LogP contribution is -2.37. The summed E-state index contributed by atoms with van der Waals surface area (Å²) in [6.45, 7) is 4.41. The van der Waals surface area contributed by atoms with Gasteiger partial charge in [-0.25, -0.2) is 0 Å². The molecule has 1 aromatic rings. The van der Waals surface area contributed by atoms with E-state index in [1.54, 1.807) is 17.0 Å². The Bertz CT molecular complexity index is 590. The van der Waals surface area contributed by atoms with Gasteiger partial charge >= 0.3 is 0 Å². The Kier molecular flexibility index (Phi) is 5.64. The number of aliphatic hydroxyl groups excluding tert-OH is 1. The van der Waals surface area contributed by atoms with Crippen LogP contribution in [0.25, 0.3) is 0 Å². The topological polar surface area (TPSA) is 64.0 Å². The molecule has 1 amide bonds. The van der Waals surface area contributed by atoms with Crippen molar-refractivity contribution in [3.8, 4) is 5.75 Å². The van der Waals surface area contributed by atoms with Gasteiger partial charge in [0.25, 0.3) is 5.91 Å². The quantitative estimate of drug-likeness (QED) is 0.872. The van der Waals surface area contributed by atoms with Gasteiger partial charge in [-0.2, -0.15) is 0 Å². The molecule has 2 saturated heterocycles. The third kappa shape index (κ3) is 3.85. The van der Waals surface area contributed by atoms with E-state index in [2.05, 4.69) is 4.90 Å². The molecule has 132 valence electrons. The maximum absolute atomic E-state index is 12.7. The number of carbonyl (C=O) groups is 1. The van der Waals surface area contributed by atoms with Crippen molar-refractivity contribution in [1.82, 2.24) is 9.80 Å². The molecule has 5 nitrogen and oxygen atoms in total. The number of likely N-dealkylation sites (tertiary alicyclic amines) is 2. The predicted molar refractivity (Wildman–Crippen MR) is 93.4 cm³/mol. The smallest absolute Gasteiger partial charge is 0.257 e. The molecule has 6 heteroatoms. The zero-order chi connectivity index (χ0) is 17.1. The lowest BCUT2D eigenvalue weighted by Gasteiger charge is -2.30. The Morgan fingerprint density at radius 2 is 1.88 bits per heavy atom. The minimum Gasteiger partial charge on any atom is -0.507 e. The number of hydrogen-bond donors (Lipinski definition) is 2. The third-order valence-electron chi connectivity index (χ3n) is 5.23. The Hall–Kier alpha value is -1.30. The van der Waals surface area contributed by atoms with Gasteiger partial charge in [0.2, 0.25) is 0 Å². The summed E-state index contributed by atoms with van der Waals surface area (Å²) in [5.74, 6) is 0.105. The van der Waals surface area contributed by atoms with Gasteiger partial charge in [-0.1, -0.05) is 18.0 Å². The maximum atomic E-state index is 12.7. The van der Waals surface area contributed by atoms with Crippen molar-refractivity contribution < 1.29 is 15.0 Å². The van der Waals surface area contributed by atoms with Gasteiger partial charge in [0, 0.05) is 37.2 Å². The number of aromatic hydroxyl groups is 1. The van der Waals surface area contributed by atoms with Crippen LogP contribution >= 0.6 is 11.6 Å². The second-order valence-electron chi connectivity index (χ2n) is 6.94. The summed E-state index contributed by atoms with van der Waals surface area (Å²) in [6, 6.07) is 4.56. The van der Waals surface area contributed by atoms with Gasteiger partial charge in [-0.3, -0.25) is 4.79 Å². The largest absolute Gasteiger partial charge is 0.507 e. The number of halogens is 1. The Morgan fingerprint density at radius 3 is 2.54 bits per heavy atom. The predicted octanol–water partition coefficient (Wildman–Crippen LogP) is 2.21. The van der Waals surface area contributed by atoms with E-state index in [9.17, 15) is 15.0 Å². The SMILES string of the molecule is O=C(c1ccc(Cl)cc1O)N1C[C@@H](CN2CCCCC2)[C@@H](CO)C1. The van der Waals surface area contributed by atoms with Crippen LogP contribution in [0.15, 0.2) is 18.2 Å². The fraction of sp³-hybridized carbons (Fsp3) is 0.611. The molecular weight excluding hydrogens is 328 g/mol. The molecule has 2 N–H and O–H groups in total. The molecule has 0 spiro atoms. The van der Waals surface area contributed by atoms with Crippen LogP contribution in [0, 0.1) is 11.8 Å². The zero-order valence-electron chi connectivity index (χ0n) is 13.8. The lowest BCUT2D eigenvalue weighted by molar-refractivity contribution is 0.0775. The average molecular weight is 353 g/mol. The normalized spacial score (nSPS) is 25.2. The van der Waals surface area contributed by atoms with Gasteiger partial charge in [0.1, 0.15) is 5.75 Å². The van der Waals surface area contributed by atoms with E-state index in [1.807, 2.05) is 0 Å². The van der Waals surface area contributed by atoms with Crippen molar-refractivity contribution in [2.45, 2.75) is 19.3 Å². The fourth-order valence-electron chi connectivity index (χ4n) is 3.85. The molecule has 24 heavy (non-hydrogen) atoms. The highest BCUT2D eigenvalue weighted by Gasteiger charge is 2.36. The minimum absolute atomic E-state index is 0.0903. The third-order valence-corrected chi connectivity index (χ3v) is 5.46. The summed E-state index contributed by atoms with van der Waals surface area (Å²) < 4.78 is 0. The molecule has 2 fully saturated rings. The van der Waals surface area contributed by atoms with Gasteiger partial charge < -0.3 is 20.0 Å². The number of phenols is 1. The molecule has 2 atom stereocenters. The molecule has 3 rings (SSSR count). The number of carbonyl (C=O) groups excluding carboxylic acids is 1. The summed E-state index contributed by atoms with van der Waals surface area (Å²) in [4.78, 5) is 16.9. The van der Waals surface area contributed by atoms with E-state index in [0.29, 0.717) is 18.1 Å². The molecule has 0 bridgehead atoms. The molecule has 0 saturated carbocycles. The van der Waals surface area contributed by atoms with E-state index in [-0.39, 0.29) is 35.7 Å². The van der Waals surface area contributed by atoms with Crippen molar-refractivity contribution in [3.63, 3.8) is 0 Å². The van der Waals surface area contributed by atoms with Gasteiger partial charge in [-0.05, 0) is 50.0 Å². The first-order valence-electron chi connectivity index (χ1n) is 8.69. The molecule has 0 radical (unpaired) electrons. The summed E-state index contributed by atoms with van der Waals surface area (Å²) in [5, 5.41) is 20.1. The van der Waals surface area contributed by atoms with Crippen LogP contribution in [0.2, 0.25) is 5.02 Å². The monoisotopic (exact) mass is 352 g/mol. The zero-order valence-corrected chi connectivity index (χ0v) is 14.6. The molecule has 2 aliphatic heterocycles. The van der Waals surface area contributed by atoms with E-state index >= 15 is 0 Å². The molecule has 2 heterocycles. The maximum Gasteiger partial charge on any atom is 0.257 e. The van der Waals surface area contributed by atoms with Crippen molar-refractivity contribution in [1.29, 1.82) is 0 Å². The van der Waals surface area contributed by atoms with E-state index < -0.39 is 0 Å². The highest BCUT2D eigenvalue weighted by molar-refractivity contribution is 6.30. The van der Waals surface area contributed by atoms with Crippen molar-refractivity contribution in [2.24, 2.45) is 11.8 Å². The number of nitrogens with zero attached hydrogens (tertiary/aromatic N) is 2. The van der Waals surface area contributed by atoms with Crippen LogP contribution in [-0.2, 0) is 0 Å². The second kappa shape index (κ2) is 7.72. The summed E-state index contributed by atoms with van der Waals surface area (Å²) in [7, 11) is 0. The number of rotatable bonds is 4. The number of phenolic OH excluding ortho intramolecular Hbond substituents is 1. The van der Waals surface area contributed by atoms with Crippen LogP contribution in [0.3, 0.4) is 0 Å². The molecule has 1 aromatic carbocycles. The standard InChI is InChI=1S/C18H25ClN2O3/c19-15-4-5-16(17(23)8-15)18(24)21-10-13(14(11-21)12-22)9-20-6-2-1-3-7-20/h4-5,8,13-14,22-23H,1-3,6-7,9-12H2/t13-,14-/m1/s1. The summed E-state index contributed by atoms with van der Waals surface area (Å²) >= 11 is 5.84. The second-order valence-corrected chi connectivity index (χ2v) is 7.37. The first kappa shape index (κ1) is 17.5. The number of amides is 1. The highest BCUT2D eigenvalue weighted by Crippen LogP contribution is 2.29. The first-order valence-corrected chi connectivity index (χ1v) is 9.07. The van der Waals surface area contributed by atoms with Gasteiger partial charge in [0.05, 0.1) is 5.56 Å². The Morgan fingerprint density at radius 1 is 1.17 bits per heavy atom. The molecule has 2 aliphatic rings. The van der Waals surface area contributed by atoms with Crippen molar-refractivity contribution in [2.75, 3.05) is 39.3 Å².